The Morgan fingerprint density at radius 2 is 1.85 bits per heavy atom. The van der Waals surface area contributed by atoms with Crippen molar-refractivity contribution in [3.05, 3.63) is 65.2 Å². The number of benzene rings is 2. The van der Waals surface area contributed by atoms with Crippen molar-refractivity contribution in [1.29, 1.82) is 0 Å². The largest absolute Gasteiger partial charge is 1.00 e. The maximum atomic E-state index is 13.9. The SMILES string of the molecule is CS(=O)(=O)Nc1ccc2c(c1)S(=O)(=O)N=C(C1=C([O-])[C@@H]3[C@H]4CC[C@@H](C4)[C@@H]3N(Cc3ccc(F)cc3)C1=O)N2.[Na+]. The summed E-state index contributed by atoms with van der Waals surface area (Å²) in [6, 6.07) is 9.32. The third kappa shape index (κ3) is 4.99. The first-order chi connectivity index (χ1) is 17.9. The summed E-state index contributed by atoms with van der Waals surface area (Å²) in [6.07, 6.45) is 3.53. The zero-order chi connectivity index (χ0) is 27.0. The number of halogens is 1. The maximum Gasteiger partial charge on any atom is 1.00 e. The Balaban J connectivity index is 0.00000308. The number of carbonyl (C=O) groups excluding carboxylic acids is 1. The van der Waals surface area contributed by atoms with Crippen LogP contribution in [0.2, 0.25) is 0 Å². The van der Waals surface area contributed by atoms with Gasteiger partial charge in [0, 0.05) is 18.3 Å². The van der Waals surface area contributed by atoms with E-state index >= 15 is 0 Å². The molecule has 0 radical (unpaired) electrons. The van der Waals surface area contributed by atoms with E-state index < -0.39 is 43.4 Å². The minimum absolute atomic E-state index is 0. The Morgan fingerprint density at radius 1 is 1.15 bits per heavy atom. The summed E-state index contributed by atoms with van der Waals surface area (Å²) in [5, 5.41) is 16.6. The Labute approximate surface area is 247 Å². The van der Waals surface area contributed by atoms with Gasteiger partial charge in [0.15, 0.2) is 5.84 Å². The molecule has 2 aromatic carbocycles. The summed E-state index contributed by atoms with van der Waals surface area (Å²) in [7, 11) is -8.03. The van der Waals surface area contributed by atoms with Gasteiger partial charge in [0.2, 0.25) is 10.0 Å². The topological polar surface area (TPSA) is 148 Å². The molecule has 0 unspecified atom stereocenters. The molecule has 2 N–H and O–H groups in total. The van der Waals surface area contributed by atoms with Crippen molar-refractivity contribution >= 4 is 43.2 Å². The molecule has 2 aliphatic heterocycles. The number of anilines is 2. The van der Waals surface area contributed by atoms with E-state index in [1.165, 1.54) is 24.3 Å². The summed E-state index contributed by atoms with van der Waals surface area (Å²) in [5.74, 6) is -1.98. The third-order valence-corrected chi connectivity index (χ3v) is 9.71. The van der Waals surface area contributed by atoms with Gasteiger partial charge in [0.1, 0.15) is 10.7 Å². The predicted octanol–water partition coefficient (Wildman–Crippen LogP) is -1.21. The molecule has 0 saturated heterocycles. The minimum Gasteiger partial charge on any atom is -0.875 e. The molecule has 0 aromatic heterocycles. The second-order valence-corrected chi connectivity index (χ2v) is 13.6. The Hall–Kier alpha value is -2.45. The number of amidine groups is 1. The fourth-order valence-electron chi connectivity index (χ4n) is 6.36. The zero-order valence-corrected chi connectivity index (χ0v) is 24.9. The maximum absolute atomic E-state index is 13.9. The van der Waals surface area contributed by atoms with Crippen molar-refractivity contribution in [2.24, 2.45) is 22.2 Å². The zero-order valence-electron chi connectivity index (χ0n) is 21.2. The molecule has 4 aliphatic rings. The number of sulfonamides is 2. The van der Waals surface area contributed by atoms with E-state index in [1.807, 2.05) is 0 Å². The number of rotatable bonds is 5. The summed E-state index contributed by atoms with van der Waals surface area (Å²) in [6.45, 7) is 0.150. The molecule has 2 bridgehead atoms. The number of nitrogens with zero attached hydrogens (tertiary/aromatic N) is 2. The molecule has 2 aliphatic carbocycles. The molecule has 14 heteroatoms. The van der Waals surface area contributed by atoms with Crippen molar-refractivity contribution in [2.75, 3.05) is 16.3 Å². The molecule has 2 heterocycles. The average molecular weight is 583 g/mol. The molecule has 6 rings (SSSR count). The number of hydrogen-bond donors (Lipinski definition) is 2. The van der Waals surface area contributed by atoms with Crippen LogP contribution in [0.5, 0.6) is 0 Å². The Morgan fingerprint density at radius 3 is 2.54 bits per heavy atom. The number of nitrogens with one attached hydrogen (secondary N) is 2. The molecular formula is C25H24FN4NaO6S2. The van der Waals surface area contributed by atoms with Crippen molar-refractivity contribution in [3.8, 4) is 0 Å². The van der Waals surface area contributed by atoms with Crippen molar-refractivity contribution in [3.63, 3.8) is 0 Å². The molecular weight excluding hydrogens is 558 g/mol. The second kappa shape index (κ2) is 9.88. The van der Waals surface area contributed by atoms with Crippen LogP contribution in [0.4, 0.5) is 15.8 Å². The van der Waals surface area contributed by atoms with Crippen molar-refractivity contribution in [1.82, 2.24) is 4.90 Å². The van der Waals surface area contributed by atoms with Gasteiger partial charge in [0.05, 0.1) is 17.5 Å². The average Bonchev–Trinajstić information content (AvgIpc) is 3.45. The molecule has 2 aromatic rings. The van der Waals surface area contributed by atoms with Gasteiger partial charge in [-0.3, -0.25) is 9.52 Å². The van der Waals surface area contributed by atoms with E-state index in [-0.39, 0.29) is 81.7 Å². The van der Waals surface area contributed by atoms with Crippen molar-refractivity contribution in [2.45, 2.75) is 36.7 Å². The van der Waals surface area contributed by atoms with Crippen LogP contribution in [-0.2, 0) is 31.4 Å². The van der Waals surface area contributed by atoms with Crippen LogP contribution in [0, 0.1) is 23.6 Å². The van der Waals surface area contributed by atoms with E-state index in [1.54, 1.807) is 17.0 Å². The van der Waals surface area contributed by atoms with Gasteiger partial charge in [-0.1, -0.05) is 12.1 Å². The van der Waals surface area contributed by atoms with Gasteiger partial charge in [-0.05, 0) is 72.9 Å². The van der Waals surface area contributed by atoms with Crippen LogP contribution in [0.1, 0.15) is 24.8 Å². The monoisotopic (exact) mass is 582 g/mol. The second-order valence-electron chi connectivity index (χ2n) is 10.3. The van der Waals surface area contributed by atoms with Crippen LogP contribution >= 0.6 is 0 Å². The molecule has 1 amide bonds. The standard InChI is InChI=1S/C25H25FN4O6S2.Na/c1-37(33,34)28-17-8-9-18-19(11-17)38(35,36)29-24(27-18)21-23(31)20-14-4-5-15(10-14)22(20)30(25(21)32)12-13-2-6-16(26)7-3-13;/h2-3,6-9,11,14-15,20,22,28,31H,4-5,10,12H2,1H3,(H,27,29);/q;+1/p-1/t14-,15-,20+,22-;/m0./s1. The van der Waals surface area contributed by atoms with Crippen LogP contribution in [0.25, 0.3) is 0 Å². The fourth-order valence-corrected chi connectivity index (χ4v) is 8.06. The molecule has 2 saturated carbocycles. The first kappa shape index (κ1) is 28.1. The van der Waals surface area contributed by atoms with Crippen LogP contribution in [0.15, 0.2) is 63.1 Å². The van der Waals surface area contributed by atoms with Gasteiger partial charge in [0.25, 0.3) is 15.9 Å². The van der Waals surface area contributed by atoms with Crippen LogP contribution in [-0.4, -0.2) is 45.8 Å². The van der Waals surface area contributed by atoms with E-state index in [0.717, 1.165) is 31.6 Å². The molecule has 2 fully saturated rings. The predicted molar refractivity (Wildman–Crippen MR) is 135 cm³/mol. The smallest absolute Gasteiger partial charge is 0.875 e. The molecule has 200 valence electrons. The van der Waals surface area contributed by atoms with Crippen LogP contribution in [0.3, 0.4) is 0 Å². The summed E-state index contributed by atoms with van der Waals surface area (Å²) in [5.41, 5.74) is 0.483. The van der Waals surface area contributed by atoms with Gasteiger partial charge < -0.3 is 15.3 Å². The van der Waals surface area contributed by atoms with Gasteiger partial charge >= 0.3 is 29.6 Å². The molecule has 4 atom stereocenters. The third-order valence-electron chi connectivity index (χ3n) is 7.79. The van der Waals surface area contributed by atoms with Gasteiger partial charge in [-0.2, -0.15) is 8.42 Å². The summed E-state index contributed by atoms with van der Waals surface area (Å²) < 4.78 is 68.9. The number of fused-ring (bicyclic) bond motifs is 6. The Bertz CT molecular complexity index is 1640. The number of carbonyl (C=O) groups is 1. The number of hydrogen-bond acceptors (Lipinski definition) is 7. The quantitative estimate of drug-likeness (QED) is 0.420. The van der Waals surface area contributed by atoms with Crippen molar-refractivity contribution < 1.29 is 60.7 Å². The van der Waals surface area contributed by atoms with E-state index in [2.05, 4.69) is 14.4 Å². The summed E-state index contributed by atoms with van der Waals surface area (Å²) in [4.78, 5) is 15.2. The first-order valence-electron chi connectivity index (χ1n) is 12.1. The first-order valence-corrected chi connectivity index (χ1v) is 15.5. The Kier molecular flexibility index (Phi) is 7.11. The van der Waals surface area contributed by atoms with Crippen LogP contribution < -0.4 is 44.7 Å². The summed E-state index contributed by atoms with van der Waals surface area (Å²) >= 11 is 0. The molecule has 39 heavy (non-hydrogen) atoms. The number of amides is 1. The fraction of sp³-hybridized carbons (Fsp3) is 0.360. The molecule has 0 spiro atoms. The van der Waals surface area contributed by atoms with E-state index in [0.29, 0.717) is 5.56 Å². The van der Waals surface area contributed by atoms with Gasteiger partial charge in [-0.15, -0.1) is 10.2 Å². The normalized spacial score (nSPS) is 26.8. The van der Waals surface area contributed by atoms with E-state index in [4.69, 9.17) is 0 Å². The van der Waals surface area contributed by atoms with E-state index in [9.17, 15) is 31.1 Å². The molecule has 10 nitrogen and oxygen atoms in total. The van der Waals surface area contributed by atoms with Gasteiger partial charge in [-0.25, -0.2) is 12.8 Å². The minimum atomic E-state index is -4.37.